The number of aryl methyl sites for hydroxylation is 1. The maximum absolute atomic E-state index is 10.4. The lowest BCUT2D eigenvalue weighted by Gasteiger charge is -2.16. The van der Waals surface area contributed by atoms with Crippen LogP contribution in [-0.4, -0.2) is 29.3 Å². The van der Waals surface area contributed by atoms with Gasteiger partial charge in [-0.15, -0.1) is 0 Å². The van der Waals surface area contributed by atoms with Gasteiger partial charge in [-0.2, -0.15) is 0 Å². The van der Waals surface area contributed by atoms with Gasteiger partial charge in [0.05, 0.1) is 0 Å². The number of hydrogen-bond acceptors (Lipinski definition) is 3. The SMILES string of the molecule is Cc1cnccc1-c1cccc(C(C)NCCNC(=O)O)c1. The van der Waals surface area contributed by atoms with Crippen molar-refractivity contribution in [3.05, 3.63) is 53.9 Å². The van der Waals surface area contributed by atoms with E-state index in [1.807, 2.05) is 25.3 Å². The predicted molar refractivity (Wildman–Crippen MR) is 86.9 cm³/mol. The van der Waals surface area contributed by atoms with Crippen LogP contribution >= 0.6 is 0 Å². The van der Waals surface area contributed by atoms with E-state index in [4.69, 9.17) is 5.11 Å². The minimum atomic E-state index is -0.996. The molecule has 2 rings (SSSR count). The lowest BCUT2D eigenvalue weighted by Crippen LogP contribution is -2.31. The second kappa shape index (κ2) is 7.56. The third-order valence-electron chi connectivity index (χ3n) is 3.57. The molecule has 0 spiro atoms. The summed E-state index contributed by atoms with van der Waals surface area (Å²) < 4.78 is 0. The first-order valence-electron chi connectivity index (χ1n) is 7.29. The molecule has 22 heavy (non-hydrogen) atoms. The monoisotopic (exact) mass is 299 g/mol. The Hall–Kier alpha value is -2.40. The van der Waals surface area contributed by atoms with Crippen molar-refractivity contribution in [2.45, 2.75) is 19.9 Å². The fraction of sp³-hybridized carbons (Fsp3) is 0.294. The summed E-state index contributed by atoms with van der Waals surface area (Å²) in [7, 11) is 0. The van der Waals surface area contributed by atoms with Crippen LogP contribution in [-0.2, 0) is 0 Å². The van der Waals surface area contributed by atoms with Crippen molar-refractivity contribution in [3.63, 3.8) is 0 Å². The van der Waals surface area contributed by atoms with Crippen molar-refractivity contribution in [1.82, 2.24) is 15.6 Å². The Kier molecular flexibility index (Phi) is 5.49. The normalized spacial score (nSPS) is 11.9. The van der Waals surface area contributed by atoms with Crippen molar-refractivity contribution in [2.24, 2.45) is 0 Å². The molecule has 0 aliphatic heterocycles. The zero-order chi connectivity index (χ0) is 15.9. The highest BCUT2D eigenvalue weighted by Crippen LogP contribution is 2.25. The van der Waals surface area contributed by atoms with Crippen molar-refractivity contribution >= 4 is 6.09 Å². The Morgan fingerprint density at radius 1 is 1.32 bits per heavy atom. The van der Waals surface area contributed by atoms with E-state index in [0.29, 0.717) is 13.1 Å². The number of amides is 1. The Morgan fingerprint density at radius 3 is 2.86 bits per heavy atom. The minimum absolute atomic E-state index is 0.151. The zero-order valence-corrected chi connectivity index (χ0v) is 12.8. The molecule has 1 atom stereocenters. The Balaban J connectivity index is 2.05. The quantitative estimate of drug-likeness (QED) is 0.717. The molecule has 0 aliphatic rings. The van der Waals surface area contributed by atoms with Crippen molar-refractivity contribution < 1.29 is 9.90 Å². The smallest absolute Gasteiger partial charge is 0.404 e. The average Bonchev–Trinajstić information content (AvgIpc) is 2.52. The first-order valence-corrected chi connectivity index (χ1v) is 7.29. The molecule has 0 saturated heterocycles. The molecule has 0 bridgehead atoms. The van der Waals surface area contributed by atoms with Gasteiger partial charge in [0.1, 0.15) is 0 Å². The zero-order valence-electron chi connectivity index (χ0n) is 12.8. The highest BCUT2D eigenvalue weighted by molar-refractivity contribution is 5.67. The number of carbonyl (C=O) groups is 1. The maximum atomic E-state index is 10.4. The van der Waals surface area contributed by atoms with Crippen LogP contribution in [0.15, 0.2) is 42.7 Å². The van der Waals surface area contributed by atoms with Crippen LogP contribution in [0.1, 0.15) is 24.1 Å². The van der Waals surface area contributed by atoms with E-state index in [2.05, 4.69) is 40.7 Å². The van der Waals surface area contributed by atoms with Crippen LogP contribution in [0.3, 0.4) is 0 Å². The summed E-state index contributed by atoms with van der Waals surface area (Å²) in [5.74, 6) is 0. The molecular weight excluding hydrogens is 278 g/mol. The van der Waals surface area contributed by atoms with Gasteiger partial charge in [-0.1, -0.05) is 18.2 Å². The first-order chi connectivity index (χ1) is 10.6. The number of rotatable bonds is 6. The number of carboxylic acid groups (broad SMARTS) is 1. The van der Waals surface area contributed by atoms with Crippen LogP contribution in [0.5, 0.6) is 0 Å². The molecule has 0 radical (unpaired) electrons. The van der Waals surface area contributed by atoms with Gasteiger partial charge in [0.25, 0.3) is 0 Å². The molecule has 5 heteroatoms. The Bertz CT molecular complexity index is 643. The molecule has 0 saturated carbocycles. The summed E-state index contributed by atoms with van der Waals surface area (Å²) in [5, 5.41) is 14.2. The van der Waals surface area contributed by atoms with Crippen LogP contribution in [0.2, 0.25) is 0 Å². The van der Waals surface area contributed by atoms with Crippen molar-refractivity contribution in [3.8, 4) is 11.1 Å². The van der Waals surface area contributed by atoms with E-state index in [-0.39, 0.29) is 6.04 Å². The van der Waals surface area contributed by atoms with Gasteiger partial charge in [-0.3, -0.25) is 4.98 Å². The molecular formula is C17H21N3O2. The molecule has 0 fully saturated rings. The van der Waals surface area contributed by atoms with Gasteiger partial charge < -0.3 is 15.7 Å². The summed E-state index contributed by atoms with van der Waals surface area (Å²) in [6.07, 6.45) is 2.67. The third kappa shape index (κ3) is 4.30. The lowest BCUT2D eigenvalue weighted by atomic mass is 9.98. The molecule has 116 valence electrons. The van der Waals surface area contributed by atoms with Crippen molar-refractivity contribution in [1.29, 1.82) is 0 Å². The third-order valence-corrected chi connectivity index (χ3v) is 3.57. The number of nitrogens with zero attached hydrogens (tertiary/aromatic N) is 1. The number of pyridine rings is 1. The number of nitrogens with one attached hydrogen (secondary N) is 2. The van der Waals surface area contributed by atoms with Gasteiger partial charge in [0.2, 0.25) is 0 Å². The molecule has 1 amide bonds. The fourth-order valence-electron chi connectivity index (χ4n) is 2.35. The molecule has 1 heterocycles. The van der Waals surface area contributed by atoms with E-state index >= 15 is 0 Å². The average molecular weight is 299 g/mol. The second-order valence-corrected chi connectivity index (χ2v) is 5.22. The van der Waals surface area contributed by atoms with Gasteiger partial charge in [-0.05, 0) is 48.2 Å². The molecule has 2 aromatic rings. The highest BCUT2D eigenvalue weighted by Gasteiger charge is 2.07. The van der Waals surface area contributed by atoms with Crippen LogP contribution in [0.25, 0.3) is 11.1 Å². The summed E-state index contributed by atoms with van der Waals surface area (Å²) in [6.45, 7) is 5.10. The largest absolute Gasteiger partial charge is 0.465 e. The summed E-state index contributed by atoms with van der Waals surface area (Å²) >= 11 is 0. The van der Waals surface area contributed by atoms with Crippen molar-refractivity contribution in [2.75, 3.05) is 13.1 Å². The second-order valence-electron chi connectivity index (χ2n) is 5.22. The molecule has 0 aliphatic carbocycles. The number of benzene rings is 1. The van der Waals surface area contributed by atoms with Crippen LogP contribution in [0.4, 0.5) is 4.79 Å². The van der Waals surface area contributed by atoms with E-state index in [1.54, 1.807) is 6.20 Å². The summed E-state index contributed by atoms with van der Waals surface area (Å²) in [6, 6.07) is 10.5. The van der Waals surface area contributed by atoms with E-state index in [1.165, 1.54) is 11.1 Å². The predicted octanol–water partition coefficient (Wildman–Crippen LogP) is 2.98. The maximum Gasteiger partial charge on any atom is 0.404 e. The van der Waals surface area contributed by atoms with Gasteiger partial charge in [0.15, 0.2) is 0 Å². The summed E-state index contributed by atoms with van der Waals surface area (Å²) in [4.78, 5) is 14.5. The Labute approximate surface area is 130 Å². The number of aromatic nitrogens is 1. The molecule has 1 aromatic carbocycles. The first kappa shape index (κ1) is 16.0. The Morgan fingerprint density at radius 2 is 2.14 bits per heavy atom. The van der Waals surface area contributed by atoms with E-state index < -0.39 is 6.09 Å². The molecule has 1 aromatic heterocycles. The number of hydrogen-bond donors (Lipinski definition) is 3. The topological polar surface area (TPSA) is 74.2 Å². The highest BCUT2D eigenvalue weighted by atomic mass is 16.4. The van der Waals surface area contributed by atoms with Crippen LogP contribution < -0.4 is 10.6 Å². The van der Waals surface area contributed by atoms with Gasteiger partial charge in [0, 0.05) is 31.5 Å². The minimum Gasteiger partial charge on any atom is -0.465 e. The van der Waals surface area contributed by atoms with E-state index in [0.717, 1.165) is 11.1 Å². The molecule has 3 N–H and O–H groups in total. The van der Waals surface area contributed by atoms with Crippen LogP contribution in [0, 0.1) is 6.92 Å². The molecule has 1 unspecified atom stereocenters. The van der Waals surface area contributed by atoms with E-state index in [9.17, 15) is 4.79 Å². The fourth-order valence-corrected chi connectivity index (χ4v) is 2.35. The standard InChI is InChI=1S/C17H21N3O2/c1-12-11-18-7-6-16(12)15-5-3-4-14(10-15)13(2)19-8-9-20-17(21)22/h3-7,10-11,13,19-20H,8-9H2,1-2H3,(H,21,22). The summed E-state index contributed by atoms with van der Waals surface area (Å²) in [5.41, 5.74) is 4.65. The van der Waals surface area contributed by atoms with Gasteiger partial charge >= 0.3 is 6.09 Å². The molecule has 5 nitrogen and oxygen atoms in total. The lowest BCUT2D eigenvalue weighted by molar-refractivity contribution is 0.194. The van der Waals surface area contributed by atoms with Gasteiger partial charge in [-0.25, -0.2) is 4.79 Å².